The number of rotatable bonds is 8. The van der Waals surface area contributed by atoms with Crippen LogP contribution in [0.25, 0.3) is 27.9 Å². The molecule has 1 aliphatic rings. The van der Waals surface area contributed by atoms with Crippen molar-refractivity contribution in [2.24, 2.45) is 0 Å². The molecule has 0 radical (unpaired) electrons. The molecule has 0 amide bonds. The summed E-state index contributed by atoms with van der Waals surface area (Å²) in [5.74, 6) is 0.233. The summed E-state index contributed by atoms with van der Waals surface area (Å²) >= 11 is 0. The molecule has 6 rings (SSSR count). The summed E-state index contributed by atoms with van der Waals surface area (Å²) in [5.41, 5.74) is 3.62. The number of para-hydroxylation sites is 1. The molecule has 4 heterocycles. The Bertz CT molecular complexity index is 1820. The number of hydrogen-bond acceptors (Lipinski definition) is 9. The van der Waals surface area contributed by atoms with E-state index < -0.39 is 14.3 Å². The fourth-order valence-electron chi connectivity index (χ4n) is 5.16. The normalized spacial score (nSPS) is 14.6. The summed E-state index contributed by atoms with van der Waals surface area (Å²) in [4.78, 5) is 30.5. The maximum absolute atomic E-state index is 11.7. The number of anilines is 2. The predicted molar refractivity (Wildman–Crippen MR) is 172 cm³/mol. The average Bonchev–Trinajstić information content (AvgIpc) is 3.56. The van der Waals surface area contributed by atoms with E-state index >= 15 is 0 Å². The van der Waals surface area contributed by atoms with E-state index in [4.69, 9.17) is 19.5 Å². The second kappa shape index (κ2) is 11.2. The number of hydrogen-bond donors (Lipinski definition) is 2. The Kier molecular flexibility index (Phi) is 7.54. The summed E-state index contributed by atoms with van der Waals surface area (Å²) < 4.78 is 9.89. The molecular weight excluding hydrogens is 576 g/mol. The van der Waals surface area contributed by atoms with E-state index in [2.05, 4.69) is 48.6 Å². The molecular formula is C31H38N8O4Si. The molecule has 3 aromatic heterocycles. The Balaban J connectivity index is 1.40. The third kappa shape index (κ3) is 5.60. The minimum Gasteiger partial charge on any atom is -0.508 e. The van der Waals surface area contributed by atoms with Gasteiger partial charge in [0.15, 0.2) is 25.3 Å². The predicted octanol–water partition coefficient (Wildman–Crippen LogP) is 4.80. The van der Waals surface area contributed by atoms with Crippen molar-refractivity contribution in [2.75, 3.05) is 36.0 Å². The number of piperazine rings is 1. The second-order valence-corrected chi connectivity index (χ2v) is 17.5. The first kappa shape index (κ1) is 29.6. The van der Waals surface area contributed by atoms with Gasteiger partial charge in [-0.25, -0.2) is 9.67 Å². The van der Waals surface area contributed by atoms with E-state index in [1.807, 2.05) is 36.4 Å². The van der Waals surface area contributed by atoms with Crippen LogP contribution in [-0.2, 0) is 22.4 Å². The Morgan fingerprint density at radius 2 is 1.66 bits per heavy atom. The number of benzene rings is 2. The van der Waals surface area contributed by atoms with Crippen molar-refractivity contribution >= 4 is 48.0 Å². The number of aromatic nitrogens is 6. The molecule has 0 aliphatic carbocycles. The SMILES string of the molecule is CC(C)(C)[Si](C)(C)OCc1nn(-c2nc(N3CCN(c4ccc(O)cc4)CC3)nc3c2ncn3CC(=O)O)c2ccccc12. The Hall–Kier alpha value is -4.49. The molecule has 1 fully saturated rings. The van der Waals surface area contributed by atoms with Crippen LogP contribution in [0.3, 0.4) is 0 Å². The van der Waals surface area contributed by atoms with Crippen LogP contribution >= 0.6 is 0 Å². The number of nitrogens with zero attached hydrogens (tertiary/aromatic N) is 8. The van der Waals surface area contributed by atoms with E-state index in [9.17, 15) is 15.0 Å². The average molecular weight is 615 g/mol. The molecule has 0 atom stereocenters. The molecule has 5 aromatic rings. The van der Waals surface area contributed by atoms with Gasteiger partial charge in [-0.3, -0.25) is 4.79 Å². The zero-order valence-corrected chi connectivity index (χ0v) is 26.7. The molecule has 2 N–H and O–H groups in total. The summed E-state index contributed by atoms with van der Waals surface area (Å²) in [6, 6.07) is 15.2. The standard InChI is InChI=1S/C31H38N8O4Si/c1-31(2,3)44(4,5)43-19-24-23-8-6-7-9-25(23)39(35-24)29-27-28(38(20-32-27)18-26(41)42)33-30(34-29)37-16-14-36(15-17-37)21-10-12-22(40)13-11-21/h6-13,20,40H,14-19H2,1-5H3,(H,41,42). The molecule has 12 nitrogen and oxygen atoms in total. The van der Waals surface area contributed by atoms with Crippen molar-refractivity contribution in [2.45, 2.75) is 52.1 Å². The van der Waals surface area contributed by atoms with Crippen LogP contribution in [-0.4, -0.2) is 80.0 Å². The lowest BCUT2D eigenvalue weighted by molar-refractivity contribution is -0.137. The fraction of sp³-hybridized carbons (Fsp3) is 0.387. The molecule has 44 heavy (non-hydrogen) atoms. The Morgan fingerprint density at radius 3 is 2.34 bits per heavy atom. The third-order valence-electron chi connectivity index (χ3n) is 8.76. The van der Waals surface area contributed by atoms with Crippen molar-refractivity contribution in [1.82, 2.24) is 29.3 Å². The third-order valence-corrected chi connectivity index (χ3v) is 13.2. The number of fused-ring (bicyclic) bond motifs is 2. The van der Waals surface area contributed by atoms with Crippen LogP contribution in [0.5, 0.6) is 5.75 Å². The number of aliphatic carboxylic acids is 1. The lowest BCUT2D eigenvalue weighted by Crippen LogP contribution is -2.47. The minimum atomic E-state index is -2.03. The van der Waals surface area contributed by atoms with Gasteiger partial charge in [0.05, 0.1) is 24.1 Å². The second-order valence-electron chi connectivity index (χ2n) is 12.7. The van der Waals surface area contributed by atoms with E-state index in [1.165, 1.54) is 10.9 Å². The number of phenolic OH excluding ortho intramolecular Hbond substituents is 1. The molecule has 0 saturated carbocycles. The smallest absolute Gasteiger partial charge is 0.323 e. The lowest BCUT2D eigenvalue weighted by Gasteiger charge is -2.36. The highest BCUT2D eigenvalue weighted by molar-refractivity contribution is 6.74. The molecule has 0 unspecified atom stereocenters. The van der Waals surface area contributed by atoms with Gasteiger partial charge in [-0.1, -0.05) is 39.0 Å². The van der Waals surface area contributed by atoms with Gasteiger partial charge in [0, 0.05) is 37.3 Å². The summed E-state index contributed by atoms with van der Waals surface area (Å²) in [6.45, 7) is 14.0. The van der Waals surface area contributed by atoms with Crippen molar-refractivity contribution in [3.63, 3.8) is 0 Å². The highest BCUT2D eigenvalue weighted by Crippen LogP contribution is 2.37. The highest BCUT2D eigenvalue weighted by atomic mass is 28.4. The zero-order valence-electron chi connectivity index (χ0n) is 25.7. The van der Waals surface area contributed by atoms with E-state index in [0.29, 0.717) is 42.6 Å². The Labute approximate surface area is 256 Å². The topological polar surface area (TPSA) is 135 Å². The maximum Gasteiger partial charge on any atom is 0.323 e. The van der Waals surface area contributed by atoms with Gasteiger partial charge in [0.2, 0.25) is 5.95 Å². The number of phenols is 1. The summed E-state index contributed by atoms with van der Waals surface area (Å²) in [7, 11) is -2.03. The molecule has 13 heteroatoms. The van der Waals surface area contributed by atoms with Gasteiger partial charge in [0.25, 0.3) is 0 Å². The molecule has 0 spiro atoms. The van der Waals surface area contributed by atoms with E-state index in [-0.39, 0.29) is 17.3 Å². The summed E-state index contributed by atoms with van der Waals surface area (Å²) in [6.07, 6.45) is 1.50. The largest absolute Gasteiger partial charge is 0.508 e. The van der Waals surface area contributed by atoms with E-state index in [0.717, 1.165) is 35.4 Å². The first-order chi connectivity index (χ1) is 20.9. The van der Waals surface area contributed by atoms with Crippen LogP contribution in [0.1, 0.15) is 26.5 Å². The van der Waals surface area contributed by atoms with Gasteiger partial charge >= 0.3 is 5.97 Å². The van der Waals surface area contributed by atoms with Crippen molar-refractivity contribution in [1.29, 1.82) is 0 Å². The van der Waals surface area contributed by atoms with Gasteiger partial charge < -0.3 is 29.0 Å². The molecule has 230 valence electrons. The Morgan fingerprint density at radius 1 is 0.977 bits per heavy atom. The highest BCUT2D eigenvalue weighted by Gasteiger charge is 2.37. The number of carbonyl (C=O) groups is 1. The lowest BCUT2D eigenvalue weighted by atomic mass is 10.2. The quantitative estimate of drug-likeness (QED) is 0.235. The molecule has 1 aliphatic heterocycles. The van der Waals surface area contributed by atoms with Crippen molar-refractivity contribution in [3.05, 3.63) is 60.6 Å². The summed E-state index contributed by atoms with van der Waals surface area (Å²) in [5, 5.41) is 25.3. The maximum atomic E-state index is 11.7. The first-order valence-corrected chi connectivity index (χ1v) is 17.7. The fourth-order valence-corrected chi connectivity index (χ4v) is 6.09. The molecule has 1 saturated heterocycles. The van der Waals surface area contributed by atoms with Crippen LogP contribution in [0.2, 0.25) is 18.1 Å². The number of aromatic hydroxyl groups is 1. The van der Waals surface area contributed by atoms with Gasteiger partial charge in [-0.05, 0) is 48.5 Å². The van der Waals surface area contributed by atoms with Gasteiger partial charge in [0.1, 0.15) is 12.3 Å². The monoisotopic (exact) mass is 614 g/mol. The van der Waals surface area contributed by atoms with Crippen LogP contribution in [0.15, 0.2) is 54.9 Å². The van der Waals surface area contributed by atoms with Crippen LogP contribution in [0.4, 0.5) is 11.6 Å². The van der Waals surface area contributed by atoms with Crippen molar-refractivity contribution < 1.29 is 19.4 Å². The number of carboxylic acids is 1. The zero-order chi connectivity index (χ0) is 31.2. The van der Waals surface area contributed by atoms with E-state index in [1.54, 1.807) is 16.8 Å². The molecule has 0 bridgehead atoms. The van der Waals surface area contributed by atoms with Gasteiger partial charge in [-0.15, -0.1) is 0 Å². The molecule has 2 aromatic carbocycles. The number of carboxylic acid groups (broad SMARTS) is 1. The first-order valence-electron chi connectivity index (χ1n) is 14.8. The van der Waals surface area contributed by atoms with Crippen LogP contribution < -0.4 is 9.80 Å². The number of imidazole rings is 1. The van der Waals surface area contributed by atoms with Gasteiger partial charge in [-0.2, -0.15) is 15.1 Å². The van der Waals surface area contributed by atoms with Crippen LogP contribution in [0, 0.1) is 0 Å². The van der Waals surface area contributed by atoms with Crippen molar-refractivity contribution in [3.8, 4) is 11.6 Å². The minimum absolute atomic E-state index is 0.0579.